The molecule has 0 radical (unpaired) electrons. The summed E-state index contributed by atoms with van der Waals surface area (Å²) < 4.78 is 22.2. The molecule has 0 aromatic heterocycles. The molecule has 1 aliphatic rings. The van der Waals surface area contributed by atoms with Crippen molar-refractivity contribution in [3.8, 4) is 0 Å². The quantitative estimate of drug-likeness (QED) is 0.377. The SMILES string of the molecule is NC(=O)[C@@H]1O[C@H](COC(=O)c2ccccc2)C(OC(=O)c2ccccc2)C1OC(=O)c1ccccc1. The highest BCUT2D eigenvalue weighted by atomic mass is 16.7. The Morgan fingerprint density at radius 1 is 0.639 bits per heavy atom. The molecule has 0 bridgehead atoms. The molecule has 1 heterocycles. The van der Waals surface area contributed by atoms with Crippen molar-refractivity contribution >= 4 is 23.8 Å². The van der Waals surface area contributed by atoms with Crippen molar-refractivity contribution < 1.29 is 38.1 Å². The Hall–Kier alpha value is -4.50. The molecule has 36 heavy (non-hydrogen) atoms. The lowest BCUT2D eigenvalue weighted by atomic mass is 10.1. The van der Waals surface area contributed by atoms with Crippen molar-refractivity contribution in [1.29, 1.82) is 0 Å². The summed E-state index contributed by atoms with van der Waals surface area (Å²) in [5, 5.41) is 0. The Balaban J connectivity index is 1.58. The number of hydrogen-bond acceptors (Lipinski definition) is 8. The molecular weight excluding hydrogens is 466 g/mol. The van der Waals surface area contributed by atoms with Crippen LogP contribution in [-0.4, -0.2) is 54.8 Å². The molecule has 2 unspecified atom stereocenters. The van der Waals surface area contributed by atoms with Gasteiger partial charge in [0.25, 0.3) is 5.91 Å². The van der Waals surface area contributed by atoms with Crippen LogP contribution >= 0.6 is 0 Å². The number of esters is 3. The van der Waals surface area contributed by atoms with E-state index in [0.29, 0.717) is 5.56 Å². The number of hydrogen-bond donors (Lipinski definition) is 1. The lowest BCUT2D eigenvalue weighted by Crippen LogP contribution is -2.45. The maximum Gasteiger partial charge on any atom is 0.338 e. The van der Waals surface area contributed by atoms with Crippen LogP contribution in [-0.2, 0) is 23.7 Å². The largest absolute Gasteiger partial charge is 0.459 e. The van der Waals surface area contributed by atoms with E-state index >= 15 is 0 Å². The zero-order valence-electron chi connectivity index (χ0n) is 19.0. The molecule has 3 aromatic carbocycles. The van der Waals surface area contributed by atoms with E-state index in [-0.39, 0.29) is 17.7 Å². The Bertz CT molecular complexity index is 1220. The number of rotatable bonds is 8. The number of nitrogens with two attached hydrogens (primary N) is 1. The van der Waals surface area contributed by atoms with Crippen LogP contribution in [0.4, 0.5) is 0 Å². The number of carbonyl (C=O) groups excluding carboxylic acids is 4. The molecule has 184 valence electrons. The molecule has 2 N–H and O–H groups in total. The number of primary amides is 1. The highest BCUT2D eigenvalue weighted by Gasteiger charge is 2.52. The zero-order chi connectivity index (χ0) is 25.5. The zero-order valence-corrected chi connectivity index (χ0v) is 19.0. The molecule has 4 atom stereocenters. The van der Waals surface area contributed by atoms with Crippen LogP contribution in [0.3, 0.4) is 0 Å². The van der Waals surface area contributed by atoms with Gasteiger partial charge in [0.2, 0.25) is 0 Å². The average Bonchev–Trinajstić information content (AvgIpc) is 3.25. The summed E-state index contributed by atoms with van der Waals surface area (Å²) in [7, 11) is 0. The van der Waals surface area contributed by atoms with E-state index in [4.69, 9.17) is 24.7 Å². The van der Waals surface area contributed by atoms with Gasteiger partial charge in [-0.15, -0.1) is 0 Å². The van der Waals surface area contributed by atoms with E-state index in [2.05, 4.69) is 0 Å². The normalized spacial score (nSPS) is 20.8. The first-order valence-electron chi connectivity index (χ1n) is 11.1. The molecule has 1 saturated heterocycles. The Labute approximate surface area is 206 Å². The summed E-state index contributed by atoms with van der Waals surface area (Å²) in [4.78, 5) is 50.3. The van der Waals surface area contributed by atoms with E-state index in [0.717, 1.165) is 0 Å². The second kappa shape index (κ2) is 11.3. The van der Waals surface area contributed by atoms with Crippen LogP contribution in [0, 0.1) is 0 Å². The van der Waals surface area contributed by atoms with Crippen molar-refractivity contribution in [2.45, 2.75) is 24.4 Å². The third kappa shape index (κ3) is 5.76. The van der Waals surface area contributed by atoms with Crippen molar-refractivity contribution in [2.75, 3.05) is 6.61 Å². The van der Waals surface area contributed by atoms with Crippen molar-refractivity contribution in [3.63, 3.8) is 0 Å². The predicted molar refractivity (Wildman–Crippen MR) is 126 cm³/mol. The van der Waals surface area contributed by atoms with E-state index < -0.39 is 48.2 Å². The summed E-state index contributed by atoms with van der Waals surface area (Å²) in [6, 6.07) is 24.4. The molecule has 0 saturated carbocycles. The van der Waals surface area contributed by atoms with E-state index in [9.17, 15) is 19.2 Å². The molecule has 3 aromatic rings. The van der Waals surface area contributed by atoms with Gasteiger partial charge in [-0.25, -0.2) is 14.4 Å². The number of carbonyl (C=O) groups is 4. The van der Waals surface area contributed by atoms with E-state index in [1.165, 1.54) is 12.1 Å². The van der Waals surface area contributed by atoms with Crippen LogP contribution < -0.4 is 5.73 Å². The molecule has 9 heteroatoms. The summed E-state index contributed by atoms with van der Waals surface area (Å²) in [6.45, 7) is -0.385. The number of benzene rings is 3. The highest BCUT2D eigenvalue weighted by molar-refractivity contribution is 5.91. The van der Waals surface area contributed by atoms with E-state index in [1.54, 1.807) is 78.9 Å². The smallest absolute Gasteiger partial charge is 0.338 e. The van der Waals surface area contributed by atoms with Crippen LogP contribution in [0.1, 0.15) is 31.1 Å². The van der Waals surface area contributed by atoms with Crippen molar-refractivity contribution in [2.24, 2.45) is 5.73 Å². The molecule has 9 nitrogen and oxygen atoms in total. The van der Waals surface area contributed by atoms with Gasteiger partial charge in [-0.1, -0.05) is 54.6 Å². The number of amides is 1. The van der Waals surface area contributed by atoms with Crippen LogP contribution in [0.25, 0.3) is 0 Å². The molecule has 4 rings (SSSR count). The van der Waals surface area contributed by atoms with Crippen molar-refractivity contribution in [3.05, 3.63) is 108 Å². The fourth-order valence-electron chi connectivity index (χ4n) is 3.71. The third-order valence-electron chi connectivity index (χ3n) is 5.48. The first kappa shape index (κ1) is 24.6. The highest BCUT2D eigenvalue weighted by Crippen LogP contribution is 2.29. The lowest BCUT2D eigenvalue weighted by molar-refractivity contribution is -0.133. The third-order valence-corrected chi connectivity index (χ3v) is 5.48. The minimum atomic E-state index is -1.44. The average molecular weight is 489 g/mol. The Morgan fingerprint density at radius 3 is 1.50 bits per heavy atom. The van der Waals surface area contributed by atoms with Crippen LogP contribution in [0.15, 0.2) is 91.0 Å². The van der Waals surface area contributed by atoms with Gasteiger partial charge in [-0.3, -0.25) is 4.79 Å². The summed E-state index contributed by atoms with van der Waals surface area (Å²) in [6.07, 6.45) is -5.22. The summed E-state index contributed by atoms with van der Waals surface area (Å²) >= 11 is 0. The summed E-state index contributed by atoms with van der Waals surface area (Å²) in [5.41, 5.74) is 6.26. The van der Waals surface area contributed by atoms with Gasteiger partial charge in [0.1, 0.15) is 12.7 Å². The van der Waals surface area contributed by atoms with Crippen molar-refractivity contribution in [1.82, 2.24) is 0 Å². The van der Waals surface area contributed by atoms with Gasteiger partial charge < -0.3 is 24.7 Å². The van der Waals surface area contributed by atoms with Gasteiger partial charge in [-0.05, 0) is 36.4 Å². The molecule has 0 aliphatic carbocycles. The van der Waals surface area contributed by atoms with E-state index in [1.807, 2.05) is 0 Å². The first-order chi connectivity index (χ1) is 17.4. The minimum absolute atomic E-state index is 0.216. The second-order valence-corrected chi connectivity index (χ2v) is 7.93. The topological polar surface area (TPSA) is 131 Å². The Kier molecular flexibility index (Phi) is 7.72. The monoisotopic (exact) mass is 489 g/mol. The summed E-state index contributed by atoms with van der Waals surface area (Å²) in [5.74, 6) is -3.08. The molecule has 0 spiro atoms. The van der Waals surface area contributed by atoms with Crippen LogP contribution in [0.5, 0.6) is 0 Å². The molecular formula is C27H23NO8. The number of ether oxygens (including phenoxy) is 4. The lowest BCUT2D eigenvalue weighted by Gasteiger charge is -2.24. The standard InChI is InChI=1S/C27H23NO8/c28-24(29)23-22(36-27(32)19-14-8-3-9-15-19)21(35-26(31)18-12-6-2-7-13-18)20(34-23)16-33-25(30)17-10-4-1-5-11-17/h1-15,20-23H,16H2,(H2,28,29)/t20-,21?,22?,23-/m1/s1. The fourth-order valence-corrected chi connectivity index (χ4v) is 3.71. The van der Waals surface area contributed by atoms with Gasteiger partial charge >= 0.3 is 17.9 Å². The van der Waals surface area contributed by atoms with Gasteiger partial charge in [0, 0.05) is 0 Å². The predicted octanol–water partition coefficient (Wildman–Crippen LogP) is 2.55. The Morgan fingerprint density at radius 2 is 1.06 bits per heavy atom. The maximum atomic E-state index is 12.8. The first-order valence-corrected chi connectivity index (χ1v) is 11.1. The van der Waals surface area contributed by atoms with Gasteiger partial charge in [0.15, 0.2) is 18.3 Å². The maximum absolute atomic E-state index is 12.8. The van der Waals surface area contributed by atoms with Gasteiger partial charge in [0.05, 0.1) is 16.7 Å². The second-order valence-electron chi connectivity index (χ2n) is 7.93. The van der Waals surface area contributed by atoms with Crippen LogP contribution in [0.2, 0.25) is 0 Å². The fraction of sp³-hybridized carbons (Fsp3) is 0.185. The molecule has 1 aliphatic heterocycles. The molecule has 1 fully saturated rings. The molecule has 1 amide bonds. The minimum Gasteiger partial charge on any atom is -0.459 e. The van der Waals surface area contributed by atoms with Gasteiger partial charge in [-0.2, -0.15) is 0 Å².